The van der Waals surface area contributed by atoms with Crippen molar-refractivity contribution in [1.82, 2.24) is 0 Å². The summed E-state index contributed by atoms with van der Waals surface area (Å²) < 4.78 is 21.7. The van der Waals surface area contributed by atoms with Crippen LogP contribution in [0.4, 0.5) is 0 Å². The van der Waals surface area contributed by atoms with Gasteiger partial charge in [-0.25, -0.2) is 0 Å². The van der Waals surface area contributed by atoms with Crippen molar-refractivity contribution in [3.05, 3.63) is 41.5 Å². The third kappa shape index (κ3) is 2.24. The normalized spacial score (nSPS) is 11.8. The fraction of sp³-hybridized carbons (Fsp3) is 0.238. The highest BCUT2D eigenvalue weighted by atomic mass is 16.5. The standard InChI is InChI=1S/C21H20O5/c1-23-17-7-11-5-12-6-16(22)14-9-19(25-3)20(26-4)10-15(14)21(12)13(11)8-18(17)24-2/h6-10,22H,5H2,1-4H3. The molecule has 4 rings (SSSR count). The molecule has 0 aromatic heterocycles. The third-order valence-electron chi connectivity index (χ3n) is 4.96. The van der Waals surface area contributed by atoms with E-state index in [2.05, 4.69) is 0 Å². The van der Waals surface area contributed by atoms with E-state index in [1.807, 2.05) is 30.3 Å². The zero-order chi connectivity index (χ0) is 18.4. The largest absolute Gasteiger partial charge is 0.507 e. The minimum absolute atomic E-state index is 0.228. The van der Waals surface area contributed by atoms with Crippen molar-refractivity contribution < 1.29 is 24.1 Å². The average Bonchev–Trinajstić information content (AvgIpc) is 3.02. The van der Waals surface area contributed by atoms with Crippen LogP contribution in [0.25, 0.3) is 21.9 Å². The second-order valence-corrected chi connectivity index (χ2v) is 6.22. The maximum atomic E-state index is 10.6. The summed E-state index contributed by atoms with van der Waals surface area (Å²) in [6.45, 7) is 0. The van der Waals surface area contributed by atoms with Crippen LogP contribution >= 0.6 is 0 Å². The van der Waals surface area contributed by atoms with Crippen LogP contribution in [0.2, 0.25) is 0 Å². The van der Waals surface area contributed by atoms with Crippen LogP contribution in [0.1, 0.15) is 11.1 Å². The van der Waals surface area contributed by atoms with Gasteiger partial charge >= 0.3 is 0 Å². The fourth-order valence-electron chi connectivity index (χ4n) is 3.75. The molecule has 134 valence electrons. The van der Waals surface area contributed by atoms with Gasteiger partial charge in [0.15, 0.2) is 23.0 Å². The molecule has 3 aromatic carbocycles. The van der Waals surface area contributed by atoms with Gasteiger partial charge in [-0.05, 0) is 64.4 Å². The molecule has 0 saturated heterocycles. The summed E-state index contributed by atoms with van der Waals surface area (Å²) in [6.07, 6.45) is 0.725. The summed E-state index contributed by atoms with van der Waals surface area (Å²) in [7, 11) is 6.45. The first kappa shape index (κ1) is 16.4. The van der Waals surface area contributed by atoms with Gasteiger partial charge in [-0.2, -0.15) is 0 Å². The summed E-state index contributed by atoms with van der Waals surface area (Å²) in [6, 6.07) is 9.54. The predicted molar refractivity (Wildman–Crippen MR) is 100 cm³/mol. The zero-order valence-corrected chi connectivity index (χ0v) is 15.2. The SMILES string of the molecule is COc1cc2c(cc1OC)-c1c(cc(O)c3cc(OC)c(OC)cc13)C2. The van der Waals surface area contributed by atoms with E-state index in [0.29, 0.717) is 23.0 Å². The van der Waals surface area contributed by atoms with Gasteiger partial charge in [-0.1, -0.05) is 0 Å². The molecule has 0 radical (unpaired) electrons. The summed E-state index contributed by atoms with van der Waals surface area (Å²) in [5.41, 5.74) is 4.36. The van der Waals surface area contributed by atoms with Gasteiger partial charge in [0.25, 0.3) is 0 Å². The molecular formula is C21H20O5. The predicted octanol–water partition coefficient (Wildman–Crippen LogP) is 4.15. The van der Waals surface area contributed by atoms with Gasteiger partial charge in [0.2, 0.25) is 0 Å². The Bertz CT molecular complexity index is 1020. The zero-order valence-electron chi connectivity index (χ0n) is 15.2. The van der Waals surface area contributed by atoms with Gasteiger partial charge in [0, 0.05) is 5.39 Å². The molecule has 1 N–H and O–H groups in total. The molecule has 0 spiro atoms. The van der Waals surface area contributed by atoms with Gasteiger partial charge in [-0.15, -0.1) is 0 Å². The van der Waals surface area contributed by atoms with E-state index >= 15 is 0 Å². The van der Waals surface area contributed by atoms with E-state index < -0.39 is 0 Å². The number of phenols is 1. The molecule has 3 aromatic rings. The summed E-state index contributed by atoms with van der Waals surface area (Å²) in [5, 5.41) is 12.2. The van der Waals surface area contributed by atoms with Crippen LogP contribution in [-0.4, -0.2) is 33.5 Å². The monoisotopic (exact) mass is 352 g/mol. The van der Waals surface area contributed by atoms with Gasteiger partial charge < -0.3 is 24.1 Å². The molecule has 0 fully saturated rings. The molecule has 0 unspecified atom stereocenters. The highest BCUT2D eigenvalue weighted by Crippen LogP contribution is 2.49. The Labute approximate surface area is 151 Å². The number of fused-ring (bicyclic) bond motifs is 5. The lowest BCUT2D eigenvalue weighted by Gasteiger charge is -2.14. The van der Waals surface area contributed by atoms with Crippen LogP contribution in [0.5, 0.6) is 28.7 Å². The Kier molecular flexibility index (Phi) is 3.80. The Morgan fingerprint density at radius 2 is 1.19 bits per heavy atom. The number of hydrogen-bond donors (Lipinski definition) is 1. The van der Waals surface area contributed by atoms with Crippen molar-refractivity contribution in [2.45, 2.75) is 6.42 Å². The van der Waals surface area contributed by atoms with Crippen molar-refractivity contribution in [1.29, 1.82) is 0 Å². The molecule has 1 aliphatic carbocycles. The van der Waals surface area contributed by atoms with E-state index in [1.165, 1.54) is 0 Å². The van der Waals surface area contributed by atoms with Gasteiger partial charge in [-0.3, -0.25) is 0 Å². The molecule has 0 amide bonds. The summed E-state index contributed by atoms with van der Waals surface area (Å²) in [5.74, 6) is 2.82. The second-order valence-electron chi connectivity index (χ2n) is 6.22. The van der Waals surface area contributed by atoms with Crippen molar-refractivity contribution in [3.8, 4) is 39.9 Å². The maximum Gasteiger partial charge on any atom is 0.161 e. The Hall–Kier alpha value is -3.08. The van der Waals surface area contributed by atoms with E-state index in [0.717, 1.165) is 39.4 Å². The van der Waals surface area contributed by atoms with Crippen LogP contribution in [-0.2, 0) is 6.42 Å². The summed E-state index contributed by atoms with van der Waals surface area (Å²) >= 11 is 0. The highest BCUT2D eigenvalue weighted by molar-refractivity contribution is 6.05. The quantitative estimate of drug-likeness (QED) is 0.598. The van der Waals surface area contributed by atoms with Gasteiger partial charge in [0.1, 0.15) is 5.75 Å². The first-order valence-electron chi connectivity index (χ1n) is 8.27. The molecule has 0 heterocycles. The number of aromatic hydroxyl groups is 1. The van der Waals surface area contributed by atoms with E-state index in [9.17, 15) is 5.11 Å². The number of methoxy groups -OCH3 is 4. The Morgan fingerprint density at radius 3 is 1.81 bits per heavy atom. The van der Waals surface area contributed by atoms with Crippen LogP contribution < -0.4 is 18.9 Å². The van der Waals surface area contributed by atoms with E-state index in [1.54, 1.807) is 28.4 Å². The topological polar surface area (TPSA) is 57.2 Å². The molecular weight excluding hydrogens is 332 g/mol. The first-order valence-corrected chi connectivity index (χ1v) is 8.27. The summed E-state index contributed by atoms with van der Waals surface area (Å²) in [4.78, 5) is 0. The fourth-order valence-corrected chi connectivity index (χ4v) is 3.75. The van der Waals surface area contributed by atoms with Crippen LogP contribution in [0.3, 0.4) is 0 Å². The van der Waals surface area contributed by atoms with Crippen molar-refractivity contribution in [2.24, 2.45) is 0 Å². The smallest absolute Gasteiger partial charge is 0.161 e. The minimum atomic E-state index is 0.228. The van der Waals surface area contributed by atoms with E-state index in [-0.39, 0.29) is 5.75 Å². The second kappa shape index (κ2) is 6.02. The number of phenolic OH excluding ortho intramolecular Hbond substituents is 1. The molecule has 0 bridgehead atoms. The highest BCUT2D eigenvalue weighted by Gasteiger charge is 2.26. The molecule has 1 aliphatic rings. The third-order valence-corrected chi connectivity index (χ3v) is 4.96. The molecule has 0 atom stereocenters. The number of ether oxygens (including phenoxy) is 4. The number of hydrogen-bond acceptors (Lipinski definition) is 5. The number of rotatable bonds is 4. The van der Waals surface area contributed by atoms with E-state index in [4.69, 9.17) is 18.9 Å². The lowest BCUT2D eigenvalue weighted by atomic mass is 9.96. The molecule has 26 heavy (non-hydrogen) atoms. The minimum Gasteiger partial charge on any atom is -0.507 e. The number of benzene rings is 3. The van der Waals surface area contributed by atoms with Crippen molar-refractivity contribution in [3.63, 3.8) is 0 Å². The van der Waals surface area contributed by atoms with Crippen molar-refractivity contribution >= 4 is 10.8 Å². The maximum absolute atomic E-state index is 10.6. The lowest BCUT2D eigenvalue weighted by molar-refractivity contribution is 0.355. The van der Waals surface area contributed by atoms with Gasteiger partial charge in [0.05, 0.1) is 28.4 Å². The molecule has 0 saturated carbocycles. The van der Waals surface area contributed by atoms with Crippen molar-refractivity contribution in [2.75, 3.05) is 28.4 Å². The molecule has 0 aliphatic heterocycles. The van der Waals surface area contributed by atoms with Crippen LogP contribution in [0.15, 0.2) is 30.3 Å². The average molecular weight is 352 g/mol. The first-order chi connectivity index (χ1) is 12.6. The van der Waals surface area contributed by atoms with Crippen LogP contribution in [0, 0.1) is 0 Å². The Morgan fingerprint density at radius 1 is 0.654 bits per heavy atom. The molecule has 5 nitrogen and oxygen atoms in total. The lowest BCUT2D eigenvalue weighted by Crippen LogP contribution is -1.93. The Balaban J connectivity index is 2.05. The molecule has 5 heteroatoms.